The Balaban J connectivity index is 0.00000161. The molecule has 1 aromatic rings. The van der Waals surface area contributed by atoms with Crippen LogP contribution in [0, 0.1) is 0 Å². The topological polar surface area (TPSA) is 134 Å². The second-order valence-electron chi connectivity index (χ2n) is 4.66. The monoisotopic (exact) mass is 326 g/mol. The summed E-state index contributed by atoms with van der Waals surface area (Å²) < 4.78 is 38.0. The molecule has 0 aromatic carbocycles. The summed E-state index contributed by atoms with van der Waals surface area (Å²) in [5, 5.41) is 11.7. The number of hydroxylamine groups is 2. The minimum absolute atomic E-state index is 0. The summed E-state index contributed by atoms with van der Waals surface area (Å²) in [7, 11) is -3.36. The van der Waals surface area contributed by atoms with Gasteiger partial charge >= 0.3 is 35.6 Å². The van der Waals surface area contributed by atoms with Crippen LogP contribution in [0.25, 0.3) is 0 Å². The van der Waals surface area contributed by atoms with Gasteiger partial charge in [0, 0.05) is 26.1 Å². The van der Waals surface area contributed by atoms with Crippen molar-refractivity contribution in [3.8, 4) is 0 Å². The largest absolute Gasteiger partial charge is 1.00 e. The van der Waals surface area contributed by atoms with Gasteiger partial charge in [-0.2, -0.15) is 9.35 Å². The van der Waals surface area contributed by atoms with Crippen molar-refractivity contribution in [1.82, 2.24) is 30.2 Å². The SMILES string of the molecule is Cn1nnnc1[C@@H]1CCN2C[C@@H]1N(OS(=O)(=O)[O-])C2=O.[Na+]. The number of carbonyl (C=O) groups excluding carboxylic acids is 1. The second kappa shape index (κ2) is 5.78. The van der Waals surface area contributed by atoms with Crippen LogP contribution in [0.15, 0.2) is 0 Å². The van der Waals surface area contributed by atoms with E-state index in [4.69, 9.17) is 0 Å². The zero-order valence-electron chi connectivity index (χ0n) is 11.4. The number of piperidine rings is 1. The van der Waals surface area contributed by atoms with Gasteiger partial charge in [-0.25, -0.2) is 17.9 Å². The van der Waals surface area contributed by atoms with Gasteiger partial charge in [-0.1, -0.05) is 0 Å². The summed E-state index contributed by atoms with van der Waals surface area (Å²) in [5.41, 5.74) is 0. The Morgan fingerprint density at radius 1 is 1.43 bits per heavy atom. The van der Waals surface area contributed by atoms with Crippen molar-refractivity contribution >= 4 is 16.4 Å². The molecular weight excluding hydrogens is 315 g/mol. The van der Waals surface area contributed by atoms with Crippen LogP contribution < -0.4 is 29.6 Å². The smallest absolute Gasteiger partial charge is 0.724 e. The number of hydrogen-bond donors (Lipinski definition) is 0. The van der Waals surface area contributed by atoms with Crippen LogP contribution in [0.3, 0.4) is 0 Å². The molecule has 0 saturated carbocycles. The molecule has 11 nitrogen and oxygen atoms in total. The van der Waals surface area contributed by atoms with Crippen LogP contribution in [0.1, 0.15) is 18.2 Å². The number of amides is 2. The minimum atomic E-state index is -5.01. The Labute approximate surface area is 142 Å². The second-order valence-corrected chi connectivity index (χ2v) is 5.63. The number of tetrazole rings is 1. The van der Waals surface area contributed by atoms with Crippen LogP contribution in [-0.2, 0) is 21.7 Å². The first-order valence-electron chi connectivity index (χ1n) is 5.82. The number of nitrogens with zero attached hydrogens (tertiary/aromatic N) is 6. The molecule has 1 aromatic heterocycles. The van der Waals surface area contributed by atoms with Gasteiger partial charge in [0.15, 0.2) is 5.82 Å². The molecule has 0 spiro atoms. The normalized spacial score (nSPS) is 25.1. The van der Waals surface area contributed by atoms with E-state index < -0.39 is 22.5 Å². The van der Waals surface area contributed by atoms with Gasteiger partial charge in [0.25, 0.3) is 0 Å². The number of rotatable bonds is 3. The molecule has 0 unspecified atom stereocenters. The third-order valence-electron chi connectivity index (χ3n) is 3.50. The predicted octanol–water partition coefficient (Wildman–Crippen LogP) is -4.80. The Morgan fingerprint density at radius 2 is 2.14 bits per heavy atom. The summed E-state index contributed by atoms with van der Waals surface area (Å²) in [6.45, 7) is 0.692. The predicted molar refractivity (Wildman–Crippen MR) is 59.5 cm³/mol. The van der Waals surface area contributed by atoms with Crippen molar-refractivity contribution in [3.63, 3.8) is 0 Å². The molecule has 3 rings (SSSR count). The van der Waals surface area contributed by atoms with E-state index in [1.807, 2.05) is 0 Å². The average Bonchev–Trinajstić information content (AvgIpc) is 2.87. The van der Waals surface area contributed by atoms with E-state index in [1.54, 1.807) is 7.05 Å². The van der Waals surface area contributed by atoms with E-state index in [0.29, 0.717) is 23.9 Å². The summed E-state index contributed by atoms with van der Waals surface area (Å²) in [4.78, 5) is 13.4. The number of carbonyl (C=O) groups is 1. The quantitative estimate of drug-likeness (QED) is 0.307. The fourth-order valence-corrected chi connectivity index (χ4v) is 3.03. The van der Waals surface area contributed by atoms with Crippen molar-refractivity contribution < 1.29 is 51.6 Å². The maximum absolute atomic E-state index is 11.9. The van der Waals surface area contributed by atoms with E-state index in [-0.39, 0.29) is 42.0 Å². The van der Waals surface area contributed by atoms with Gasteiger partial charge in [-0.05, 0) is 16.8 Å². The van der Waals surface area contributed by atoms with E-state index in [2.05, 4.69) is 19.8 Å². The number of fused-ring (bicyclic) bond motifs is 2. The summed E-state index contributed by atoms with van der Waals surface area (Å²) in [5.74, 6) is 0.223. The number of aromatic nitrogens is 4. The Kier molecular flexibility index (Phi) is 4.56. The Morgan fingerprint density at radius 3 is 2.71 bits per heavy atom. The molecule has 2 aliphatic heterocycles. The molecule has 0 N–H and O–H groups in total. The summed E-state index contributed by atoms with van der Waals surface area (Å²) in [6, 6.07) is -1.24. The van der Waals surface area contributed by atoms with E-state index >= 15 is 0 Å². The summed E-state index contributed by atoms with van der Waals surface area (Å²) in [6.07, 6.45) is 0.559. The molecule has 13 heteroatoms. The fourth-order valence-electron chi connectivity index (χ4n) is 2.66. The van der Waals surface area contributed by atoms with Gasteiger partial charge in [-0.3, -0.25) is 0 Å². The molecule has 3 heterocycles. The molecule has 2 fully saturated rings. The van der Waals surface area contributed by atoms with Gasteiger partial charge in [0.2, 0.25) is 10.4 Å². The van der Waals surface area contributed by atoms with Crippen LogP contribution in [0.2, 0.25) is 0 Å². The first-order valence-corrected chi connectivity index (χ1v) is 7.16. The molecule has 2 atom stereocenters. The van der Waals surface area contributed by atoms with Crippen LogP contribution in [0.4, 0.5) is 4.79 Å². The molecule has 2 aliphatic rings. The standard InChI is InChI=1S/C8H12N6O5S.Na/c1-12-7(9-10-11-12)5-2-3-13-4-6(5)14(8(13)15)19-20(16,17)18;/h5-6H,2-4H2,1H3,(H,16,17,18);/q;+1/p-1/t5-,6+;/m1./s1. The summed E-state index contributed by atoms with van der Waals surface area (Å²) >= 11 is 0. The molecule has 110 valence electrons. The van der Waals surface area contributed by atoms with E-state index in [9.17, 15) is 17.8 Å². The van der Waals surface area contributed by atoms with Gasteiger partial charge in [0.05, 0.1) is 6.04 Å². The minimum Gasteiger partial charge on any atom is -0.724 e. The number of hydrogen-bond acceptors (Lipinski definition) is 8. The van der Waals surface area contributed by atoms with Crippen molar-refractivity contribution in [2.24, 2.45) is 7.05 Å². The average molecular weight is 326 g/mol. The van der Waals surface area contributed by atoms with Gasteiger partial charge in [0.1, 0.15) is 0 Å². The van der Waals surface area contributed by atoms with E-state index in [0.717, 1.165) is 0 Å². The third-order valence-corrected chi connectivity index (χ3v) is 3.84. The van der Waals surface area contributed by atoms with Crippen molar-refractivity contribution in [3.05, 3.63) is 5.82 Å². The molecular formula is C8H11N6NaO5S. The third kappa shape index (κ3) is 3.05. The number of aryl methyl sites for hydroxylation is 1. The molecule has 2 amide bonds. The molecule has 0 aliphatic carbocycles. The maximum Gasteiger partial charge on any atom is 1.00 e. The zero-order valence-corrected chi connectivity index (χ0v) is 14.2. The van der Waals surface area contributed by atoms with Crippen LogP contribution in [-0.4, -0.2) is 68.3 Å². The molecule has 0 radical (unpaired) electrons. The van der Waals surface area contributed by atoms with Crippen molar-refractivity contribution in [2.75, 3.05) is 13.1 Å². The van der Waals surface area contributed by atoms with Crippen LogP contribution >= 0.6 is 0 Å². The fraction of sp³-hybridized carbons (Fsp3) is 0.750. The number of urea groups is 1. The first-order chi connectivity index (χ1) is 9.37. The maximum atomic E-state index is 11.9. The molecule has 2 bridgehead atoms. The van der Waals surface area contributed by atoms with Crippen LogP contribution in [0.5, 0.6) is 0 Å². The first kappa shape index (κ1) is 16.6. The van der Waals surface area contributed by atoms with Crippen molar-refractivity contribution in [2.45, 2.75) is 18.4 Å². The van der Waals surface area contributed by atoms with Crippen molar-refractivity contribution in [1.29, 1.82) is 0 Å². The Hall–Kier alpha value is -0.790. The van der Waals surface area contributed by atoms with Gasteiger partial charge in [-0.15, -0.1) is 5.10 Å². The van der Waals surface area contributed by atoms with Gasteiger partial charge < -0.3 is 9.45 Å². The molecule has 2 saturated heterocycles. The Bertz CT molecular complexity index is 649. The molecule has 21 heavy (non-hydrogen) atoms. The van der Waals surface area contributed by atoms with E-state index in [1.165, 1.54) is 9.58 Å². The zero-order chi connectivity index (χ0) is 14.5.